The van der Waals surface area contributed by atoms with Crippen LogP contribution in [0.5, 0.6) is 0 Å². The maximum Gasteiger partial charge on any atom is 0.271 e. The molecule has 1 fully saturated rings. The molecule has 1 atom stereocenters. The van der Waals surface area contributed by atoms with Crippen LogP contribution in [0.25, 0.3) is 0 Å². The highest BCUT2D eigenvalue weighted by Gasteiger charge is 2.47. The number of nitrogens with zero attached hydrogens (tertiary/aromatic N) is 4. The van der Waals surface area contributed by atoms with Crippen LogP contribution >= 0.6 is 23.4 Å². The van der Waals surface area contributed by atoms with Gasteiger partial charge in [-0.15, -0.1) is 0 Å². The maximum atomic E-state index is 12.9. The second kappa shape index (κ2) is 12.2. The van der Waals surface area contributed by atoms with Crippen LogP contribution in [0.3, 0.4) is 0 Å². The van der Waals surface area contributed by atoms with Gasteiger partial charge in [-0.3, -0.25) is 14.6 Å². The van der Waals surface area contributed by atoms with Gasteiger partial charge in [-0.25, -0.2) is 9.97 Å². The summed E-state index contributed by atoms with van der Waals surface area (Å²) in [6.07, 6.45) is 5.93. The van der Waals surface area contributed by atoms with Gasteiger partial charge in [0.1, 0.15) is 5.03 Å². The quantitative estimate of drug-likeness (QED) is 0.270. The molecule has 11 nitrogen and oxygen atoms in total. The molecule has 2 aromatic heterocycles. The molecule has 5 rings (SSSR count). The second-order valence-electron chi connectivity index (χ2n) is 10.2. The molecule has 0 saturated carbocycles. The Hall–Kier alpha value is -3.45. The summed E-state index contributed by atoms with van der Waals surface area (Å²) in [6, 6.07) is 7.48. The average molecular weight is 597 g/mol. The largest absolute Gasteiger partial charge is 0.387 e. The van der Waals surface area contributed by atoms with Crippen LogP contribution in [-0.4, -0.2) is 67.2 Å². The fourth-order valence-corrected chi connectivity index (χ4v) is 6.81. The van der Waals surface area contributed by atoms with Crippen molar-refractivity contribution in [2.24, 2.45) is 16.9 Å². The number of nitrogens with one attached hydrogen (secondary N) is 2. The summed E-state index contributed by atoms with van der Waals surface area (Å²) in [4.78, 5) is 41.7. The van der Waals surface area contributed by atoms with E-state index in [0.717, 1.165) is 30.5 Å². The van der Waals surface area contributed by atoms with E-state index >= 15 is 0 Å². The van der Waals surface area contributed by atoms with E-state index in [1.54, 1.807) is 32.5 Å². The van der Waals surface area contributed by atoms with Gasteiger partial charge < -0.3 is 31.7 Å². The topological polar surface area (TPSA) is 161 Å². The van der Waals surface area contributed by atoms with Crippen molar-refractivity contribution >= 4 is 46.7 Å². The summed E-state index contributed by atoms with van der Waals surface area (Å²) in [5.74, 6) is -0.546. The first-order chi connectivity index (χ1) is 19.8. The van der Waals surface area contributed by atoms with Crippen LogP contribution in [0, 0.1) is 5.41 Å². The Labute approximate surface area is 247 Å². The Kier molecular flexibility index (Phi) is 8.64. The van der Waals surface area contributed by atoms with Crippen molar-refractivity contribution in [3.05, 3.63) is 64.2 Å². The number of methoxy groups -OCH3 is 1. The second-order valence-corrected chi connectivity index (χ2v) is 11.6. The molecule has 3 aromatic rings. The summed E-state index contributed by atoms with van der Waals surface area (Å²) in [5, 5.41) is 6.49. The number of hydrogen-bond acceptors (Lipinski definition) is 10. The minimum absolute atomic E-state index is 0.0624. The first kappa shape index (κ1) is 29.1. The number of benzene rings is 1. The maximum absolute atomic E-state index is 12.9. The van der Waals surface area contributed by atoms with Crippen LogP contribution < -0.4 is 27.0 Å². The van der Waals surface area contributed by atoms with Gasteiger partial charge in [-0.1, -0.05) is 29.4 Å². The van der Waals surface area contributed by atoms with Gasteiger partial charge in [-0.2, -0.15) is 0 Å². The van der Waals surface area contributed by atoms with E-state index in [0.29, 0.717) is 53.2 Å². The van der Waals surface area contributed by atoms with Crippen molar-refractivity contribution in [1.82, 2.24) is 20.3 Å². The van der Waals surface area contributed by atoms with Crippen molar-refractivity contribution in [2.45, 2.75) is 35.2 Å². The van der Waals surface area contributed by atoms with E-state index in [9.17, 15) is 9.59 Å². The van der Waals surface area contributed by atoms with Crippen molar-refractivity contribution in [1.29, 1.82) is 0 Å². The molecule has 216 valence electrons. The molecule has 13 heteroatoms. The molecular weight excluding hydrogens is 564 g/mol. The van der Waals surface area contributed by atoms with Crippen LogP contribution in [0.1, 0.15) is 51.0 Å². The van der Waals surface area contributed by atoms with Crippen LogP contribution in [0.4, 0.5) is 11.5 Å². The predicted molar refractivity (Wildman–Crippen MR) is 159 cm³/mol. The first-order valence-electron chi connectivity index (χ1n) is 13.3. The van der Waals surface area contributed by atoms with Gasteiger partial charge in [0.2, 0.25) is 0 Å². The summed E-state index contributed by atoms with van der Waals surface area (Å²) >= 11 is 7.90. The lowest BCUT2D eigenvalue weighted by Gasteiger charge is -2.42. The number of primary amides is 1. The van der Waals surface area contributed by atoms with E-state index in [1.807, 2.05) is 17.2 Å². The van der Waals surface area contributed by atoms with Crippen molar-refractivity contribution in [3.63, 3.8) is 0 Å². The molecule has 2 aliphatic rings. The number of carbonyl (C=O) groups is 2. The molecule has 1 unspecified atom stereocenters. The number of anilines is 2. The number of carbonyl (C=O) groups excluding carboxylic acids is 2. The number of ether oxygens (including phenoxy) is 1. The summed E-state index contributed by atoms with van der Waals surface area (Å²) in [6.45, 7) is 2.05. The van der Waals surface area contributed by atoms with Crippen LogP contribution in [0.2, 0.25) is 5.02 Å². The average Bonchev–Trinajstić information content (AvgIpc) is 3.25. The SMILES string of the molecule is CNc1ccc(Sc2cnc(N3CCC4(CC3)Cc3ncccc3C4N)c(C(N)=O)n2)c(Cl)c1C(=O)NCCOC. The lowest BCUT2D eigenvalue weighted by atomic mass is 9.73. The highest BCUT2D eigenvalue weighted by atomic mass is 35.5. The molecule has 3 heterocycles. The molecule has 2 amide bonds. The van der Waals surface area contributed by atoms with Crippen molar-refractivity contribution in [3.8, 4) is 0 Å². The molecular formula is C28H33ClN8O3S. The number of rotatable bonds is 9. The Morgan fingerprint density at radius 2 is 2.02 bits per heavy atom. The Bertz CT molecular complexity index is 1460. The predicted octanol–water partition coefficient (Wildman–Crippen LogP) is 3.04. The molecule has 1 spiro atoms. The van der Waals surface area contributed by atoms with E-state index in [2.05, 4.69) is 31.7 Å². The van der Waals surface area contributed by atoms with Gasteiger partial charge in [0.05, 0.1) is 23.4 Å². The summed E-state index contributed by atoms with van der Waals surface area (Å²) < 4.78 is 5.01. The minimum Gasteiger partial charge on any atom is -0.387 e. The third-order valence-corrected chi connectivity index (χ3v) is 9.34. The van der Waals surface area contributed by atoms with Gasteiger partial charge >= 0.3 is 0 Å². The monoisotopic (exact) mass is 596 g/mol. The summed E-state index contributed by atoms with van der Waals surface area (Å²) in [7, 11) is 3.28. The number of hydrogen-bond donors (Lipinski definition) is 4. The van der Waals surface area contributed by atoms with Gasteiger partial charge in [0, 0.05) is 62.3 Å². The third-order valence-electron chi connectivity index (χ3n) is 7.87. The number of pyridine rings is 1. The summed E-state index contributed by atoms with van der Waals surface area (Å²) in [5.41, 5.74) is 15.6. The van der Waals surface area contributed by atoms with E-state index in [-0.39, 0.29) is 28.1 Å². The molecule has 1 aromatic carbocycles. The standard InChI is InChI=1S/C28H33ClN8O3S/c1-32-17-5-6-19(22(29)21(17)27(39)34-10-13-40-2)41-20-15-35-26(23(36-20)25(31)38)37-11-7-28(8-12-37)14-18-16(24(28)30)4-3-9-33-18/h3-6,9,15,24,32H,7-8,10-14,30H2,1-2H3,(H2,31,38)(H,34,39). The molecule has 0 bridgehead atoms. The smallest absolute Gasteiger partial charge is 0.271 e. The first-order valence-corrected chi connectivity index (χ1v) is 14.5. The number of nitrogens with two attached hydrogens (primary N) is 2. The number of amides is 2. The van der Waals surface area contributed by atoms with Crippen molar-refractivity contribution < 1.29 is 14.3 Å². The highest BCUT2D eigenvalue weighted by molar-refractivity contribution is 7.99. The van der Waals surface area contributed by atoms with E-state index < -0.39 is 5.91 Å². The molecule has 41 heavy (non-hydrogen) atoms. The molecule has 0 radical (unpaired) electrons. The lowest BCUT2D eigenvalue weighted by Crippen LogP contribution is -2.45. The number of halogens is 1. The number of piperidine rings is 1. The van der Waals surface area contributed by atoms with Crippen LogP contribution in [0.15, 0.2) is 46.6 Å². The minimum atomic E-state index is -0.667. The van der Waals surface area contributed by atoms with Gasteiger partial charge in [0.25, 0.3) is 11.8 Å². The molecule has 6 N–H and O–H groups in total. The fraction of sp³-hybridized carbons (Fsp3) is 0.393. The van der Waals surface area contributed by atoms with Gasteiger partial charge in [-0.05, 0) is 48.4 Å². The normalized spacial score (nSPS) is 17.4. The van der Waals surface area contributed by atoms with Crippen molar-refractivity contribution in [2.75, 3.05) is 50.6 Å². The Morgan fingerprint density at radius 1 is 1.24 bits per heavy atom. The zero-order valence-electron chi connectivity index (χ0n) is 22.9. The number of aromatic nitrogens is 3. The zero-order chi connectivity index (χ0) is 29.1. The number of fused-ring (bicyclic) bond motifs is 1. The van der Waals surface area contributed by atoms with E-state index in [4.69, 9.17) is 27.8 Å². The third kappa shape index (κ3) is 5.69. The zero-order valence-corrected chi connectivity index (χ0v) is 24.5. The lowest BCUT2D eigenvalue weighted by molar-refractivity contribution is 0.0936. The Balaban J connectivity index is 1.34. The molecule has 1 aliphatic heterocycles. The Morgan fingerprint density at radius 3 is 2.71 bits per heavy atom. The molecule has 1 aliphatic carbocycles. The fourth-order valence-electron chi connectivity index (χ4n) is 5.65. The molecule has 1 saturated heterocycles. The van der Waals surface area contributed by atoms with Gasteiger partial charge in [0.15, 0.2) is 11.5 Å². The highest BCUT2D eigenvalue weighted by Crippen LogP contribution is 2.50. The van der Waals surface area contributed by atoms with E-state index in [1.165, 1.54) is 11.8 Å². The van der Waals surface area contributed by atoms with Crippen LogP contribution in [-0.2, 0) is 11.2 Å².